The zero-order valence-corrected chi connectivity index (χ0v) is 13.4. The fraction of sp³-hybridized carbons (Fsp3) is 0.579. The zero-order chi connectivity index (χ0) is 16.2. The summed E-state index contributed by atoms with van der Waals surface area (Å²) < 4.78 is 0. The van der Waals surface area contributed by atoms with Crippen molar-refractivity contribution in [2.24, 2.45) is 17.8 Å². The molecule has 0 aromatic heterocycles. The highest BCUT2D eigenvalue weighted by atomic mass is 16.4. The Hall–Kier alpha value is -1.84. The summed E-state index contributed by atoms with van der Waals surface area (Å²) in [5, 5.41) is 12.3. The van der Waals surface area contributed by atoms with Crippen molar-refractivity contribution in [3.05, 3.63) is 35.9 Å². The van der Waals surface area contributed by atoms with Gasteiger partial charge >= 0.3 is 5.97 Å². The predicted molar refractivity (Wildman–Crippen MR) is 87.9 cm³/mol. The Bertz CT molecular complexity index is 545. The van der Waals surface area contributed by atoms with Gasteiger partial charge in [-0.3, -0.25) is 9.59 Å². The predicted octanol–water partition coefficient (Wildman–Crippen LogP) is 3.01. The zero-order valence-electron chi connectivity index (χ0n) is 13.4. The number of rotatable bonds is 6. The van der Waals surface area contributed by atoms with E-state index in [-0.39, 0.29) is 23.8 Å². The molecular formula is C19H25NO3. The molecule has 2 aliphatic rings. The molecule has 1 aromatic rings. The lowest BCUT2D eigenvalue weighted by Crippen LogP contribution is -2.42. The molecular weight excluding hydrogens is 290 g/mol. The molecule has 0 saturated heterocycles. The lowest BCUT2D eigenvalue weighted by Gasteiger charge is -2.27. The van der Waals surface area contributed by atoms with Crippen LogP contribution >= 0.6 is 0 Å². The molecule has 4 heteroatoms. The van der Waals surface area contributed by atoms with E-state index in [1.54, 1.807) is 0 Å². The summed E-state index contributed by atoms with van der Waals surface area (Å²) in [6, 6.07) is 10.5. The van der Waals surface area contributed by atoms with Crippen molar-refractivity contribution < 1.29 is 14.7 Å². The van der Waals surface area contributed by atoms with Gasteiger partial charge in [-0.2, -0.15) is 0 Å². The summed E-state index contributed by atoms with van der Waals surface area (Å²) >= 11 is 0. The summed E-state index contributed by atoms with van der Waals surface area (Å²) in [4.78, 5) is 23.6. The Morgan fingerprint density at radius 3 is 2.17 bits per heavy atom. The van der Waals surface area contributed by atoms with Crippen LogP contribution in [0.3, 0.4) is 0 Å². The number of hydrogen-bond acceptors (Lipinski definition) is 2. The molecule has 0 radical (unpaired) electrons. The first-order chi connectivity index (χ1) is 11.1. The highest BCUT2D eigenvalue weighted by Gasteiger charge is 2.35. The number of aliphatic carboxylic acids is 1. The standard InChI is InChI=1S/C19H25NO3/c21-18(15-8-10-16(11-9-15)19(22)23)20-17(14-6-7-14)12-13-4-2-1-3-5-13/h1-5,14-17H,6-12H2,(H,20,21)(H,22,23). The molecule has 124 valence electrons. The number of carboxylic acids is 1. The first-order valence-electron chi connectivity index (χ1n) is 8.70. The third kappa shape index (κ3) is 4.34. The van der Waals surface area contributed by atoms with E-state index >= 15 is 0 Å². The molecule has 23 heavy (non-hydrogen) atoms. The van der Waals surface area contributed by atoms with E-state index in [2.05, 4.69) is 17.4 Å². The van der Waals surface area contributed by atoms with Gasteiger partial charge in [-0.25, -0.2) is 0 Å². The highest BCUT2D eigenvalue weighted by molar-refractivity contribution is 5.79. The number of hydrogen-bond donors (Lipinski definition) is 2. The largest absolute Gasteiger partial charge is 0.481 e. The molecule has 0 bridgehead atoms. The van der Waals surface area contributed by atoms with Crippen LogP contribution in [-0.4, -0.2) is 23.0 Å². The van der Waals surface area contributed by atoms with Crippen molar-refractivity contribution in [1.82, 2.24) is 5.32 Å². The van der Waals surface area contributed by atoms with E-state index in [9.17, 15) is 9.59 Å². The maximum absolute atomic E-state index is 12.5. The van der Waals surface area contributed by atoms with E-state index < -0.39 is 5.97 Å². The number of carboxylic acid groups (broad SMARTS) is 1. The summed E-state index contributed by atoms with van der Waals surface area (Å²) in [6.07, 6.45) is 5.94. The topological polar surface area (TPSA) is 66.4 Å². The van der Waals surface area contributed by atoms with Crippen LogP contribution in [0.2, 0.25) is 0 Å². The smallest absolute Gasteiger partial charge is 0.306 e. The monoisotopic (exact) mass is 315 g/mol. The average Bonchev–Trinajstić information content (AvgIpc) is 3.40. The van der Waals surface area contributed by atoms with E-state index in [0.717, 1.165) is 6.42 Å². The van der Waals surface area contributed by atoms with E-state index in [1.165, 1.54) is 18.4 Å². The number of carbonyl (C=O) groups is 2. The quantitative estimate of drug-likeness (QED) is 0.848. The minimum Gasteiger partial charge on any atom is -0.481 e. The molecule has 0 aliphatic heterocycles. The molecule has 0 heterocycles. The molecule has 1 aromatic carbocycles. The molecule has 2 saturated carbocycles. The molecule has 1 unspecified atom stereocenters. The van der Waals surface area contributed by atoms with Crippen molar-refractivity contribution in [2.45, 2.75) is 51.0 Å². The van der Waals surface area contributed by atoms with Crippen LogP contribution in [-0.2, 0) is 16.0 Å². The summed E-state index contributed by atoms with van der Waals surface area (Å²) in [6.45, 7) is 0. The second-order valence-corrected chi connectivity index (χ2v) is 7.03. The molecule has 2 N–H and O–H groups in total. The van der Waals surface area contributed by atoms with Crippen LogP contribution in [0.5, 0.6) is 0 Å². The number of benzene rings is 1. The second-order valence-electron chi connectivity index (χ2n) is 7.03. The SMILES string of the molecule is O=C(O)C1CCC(C(=O)NC(Cc2ccccc2)C2CC2)CC1. The maximum Gasteiger partial charge on any atom is 0.306 e. The lowest BCUT2D eigenvalue weighted by molar-refractivity contribution is -0.144. The van der Waals surface area contributed by atoms with E-state index in [0.29, 0.717) is 31.6 Å². The molecule has 2 aliphatic carbocycles. The van der Waals surface area contributed by atoms with Gasteiger partial charge < -0.3 is 10.4 Å². The van der Waals surface area contributed by atoms with Gasteiger partial charge in [-0.05, 0) is 56.4 Å². The highest BCUT2D eigenvalue weighted by Crippen LogP contribution is 2.35. The number of nitrogens with one attached hydrogen (secondary N) is 1. The fourth-order valence-corrected chi connectivity index (χ4v) is 3.61. The Morgan fingerprint density at radius 2 is 1.61 bits per heavy atom. The first-order valence-corrected chi connectivity index (χ1v) is 8.70. The van der Waals surface area contributed by atoms with Crippen LogP contribution in [0.25, 0.3) is 0 Å². The van der Waals surface area contributed by atoms with Crippen molar-refractivity contribution in [1.29, 1.82) is 0 Å². The Kier molecular flexibility index (Phi) is 4.99. The van der Waals surface area contributed by atoms with Gasteiger partial charge in [0.15, 0.2) is 0 Å². The normalized spacial score (nSPS) is 25.6. The van der Waals surface area contributed by atoms with Gasteiger partial charge in [0.05, 0.1) is 5.92 Å². The molecule has 3 rings (SSSR count). The minimum atomic E-state index is -0.719. The molecule has 4 nitrogen and oxygen atoms in total. The van der Waals surface area contributed by atoms with Crippen molar-refractivity contribution in [3.8, 4) is 0 Å². The summed E-state index contributed by atoms with van der Waals surface area (Å²) in [5.74, 6) is -0.259. The molecule has 2 fully saturated rings. The van der Waals surface area contributed by atoms with Gasteiger partial charge in [0.2, 0.25) is 5.91 Å². The summed E-state index contributed by atoms with van der Waals surface area (Å²) in [7, 11) is 0. The molecule has 1 atom stereocenters. The van der Waals surface area contributed by atoms with Crippen LogP contribution in [0.1, 0.15) is 44.1 Å². The Labute approximate surface area is 137 Å². The minimum absolute atomic E-state index is 0.0115. The molecule has 0 spiro atoms. The van der Waals surface area contributed by atoms with Crippen molar-refractivity contribution in [3.63, 3.8) is 0 Å². The van der Waals surface area contributed by atoms with E-state index in [4.69, 9.17) is 5.11 Å². The number of carbonyl (C=O) groups excluding carboxylic acids is 1. The molecule has 1 amide bonds. The van der Waals surface area contributed by atoms with Gasteiger partial charge in [-0.1, -0.05) is 30.3 Å². The van der Waals surface area contributed by atoms with Gasteiger partial charge in [0.25, 0.3) is 0 Å². The Balaban J connectivity index is 1.54. The van der Waals surface area contributed by atoms with Gasteiger partial charge in [-0.15, -0.1) is 0 Å². The lowest BCUT2D eigenvalue weighted by atomic mass is 9.81. The van der Waals surface area contributed by atoms with E-state index in [1.807, 2.05) is 18.2 Å². The third-order valence-corrected chi connectivity index (χ3v) is 5.26. The van der Waals surface area contributed by atoms with Crippen molar-refractivity contribution in [2.75, 3.05) is 0 Å². The van der Waals surface area contributed by atoms with Gasteiger partial charge in [0, 0.05) is 12.0 Å². The maximum atomic E-state index is 12.5. The average molecular weight is 315 g/mol. The van der Waals surface area contributed by atoms with Gasteiger partial charge in [0.1, 0.15) is 0 Å². The van der Waals surface area contributed by atoms with Crippen molar-refractivity contribution >= 4 is 11.9 Å². The summed E-state index contributed by atoms with van der Waals surface area (Å²) in [5.41, 5.74) is 1.26. The first kappa shape index (κ1) is 16.0. The second kappa shape index (κ2) is 7.16. The third-order valence-electron chi connectivity index (χ3n) is 5.26. The number of amides is 1. The fourth-order valence-electron chi connectivity index (χ4n) is 3.61. The van der Waals surface area contributed by atoms with Crippen LogP contribution in [0.15, 0.2) is 30.3 Å². The van der Waals surface area contributed by atoms with Crippen LogP contribution in [0, 0.1) is 17.8 Å². The Morgan fingerprint density at radius 1 is 1.00 bits per heavy atom. The van der Waals surface area contributed by atoms with Crippen LogP contribution < -0.4 is 5.32 Å². The van der Waals surface area contributed by atoms with Crippen LogP contribution in [0.4, 0.5) is 0 Å².